The van der Waals surface area contributed by atoms with Crippen LogP contribution in [0.4, 0.5) is 8.78 Å². The molecule has 0 aliphatic rings. The normalized spacial score (nSPS) is 11.1. The van der Waals surface area contributed by atoms with Gasteiger partial charge in [-0.15, -0.1) is 0 Å². The van der Waals surface area contributed by atoms with Gasteiger partial charge in [-0.1, -0.05) is 0 Å². The van der Waals surface area contributed by atoms with E-state index in [2.05, 4.69) is 10.3 Å². The van der Waals surface area contributed by atoms with Crippen LogP contribution < -0.4 is 10.1 Å². The molecular weight excluding hydrogens is 366 g/mol. The third kappa shape index (κ3) is 3.90. The van der Waals surface area contributed by atoms with Gasteiger partial charge in [-0.25, -0.2) is 4.98 Å². The predicted molar refractivity (Wildman–Crippen MR) is 101 cm³/mol. The second-order valence-corrected chi connectivity index (χ2v) is 6.35. The van der Waals surface area contributed by atoms with Crippen molar-refractivity contribution < 1.29 is 18.3 Å². The number of aryl methyl sites for hydroxylation is 1. The third-order valence-electron chi connectivity index (χ3n) is 4.60. The molecule has 0 saturated carbocycles. The Hall–Kier alpha value is -3.16. The Morgan fingerprint density at radius 1 is 1.25 bits per heavy atom. The maximum atomic E-state index is 12.8. The van der Waals surface area contributed by atoms with Crippen LogP contribution in [0.15, 0.2) is 42.7 Å². The molecule has 0 aliphatic carbocycles. The van der Waals surface area contributed by atoms with Gasteiger partial charge in [-0.3, -0.25) is 9.36 Å². The van der Waals surface area contributed by atoms with Gasteiger partial charge in [0.15, 0.2) is 0 Å². The number of ether oxygens (including phenoxy) is 1. The molecule has 0 atom stereocenters. The monoisotopic (exact) mass is 388 g/mol. The first-order valence-corrected chi connectivity index (χ1v) is 8.83. The minimum Gasteiger partial charge on any atom is -0.497 e. The molecule has 3 rings (SSSR count). The van der Waals surface area contributed by atoms with Crippen LogP contribution in [0.3, 0.4) is 0 Å². The number of amides is 1. The largest absolute Gasteiger partial charge is 0.497 e. The highest BCUT2D eigenvalue weighted by atomic mass is 19.3. The molecule has 1 amide bonds. The van der Waals surface area contributed by atoms with Crippen molar-refractivity contribution >= 4 is 5.91 Å². The number of nitrogens with zero attached hydrogens (tertiary/aromatic N) is 3. The highest BCUT2D eigenvalue weighted by Crippen LogP contribution is 2.23. The number of aromatic nitrogens is 3. The molecule has 28 heavy (non-hydrogen) atoms. The van der Waals surface area contributed by atoms with Crippen LogP contribution in [0.25, 0.3) is 5.69 Å². The van der Waals surface area contributed by atoms with E-state index in [-0.39, 0.29) is 24.7 Å². The zero-order valence-corrected chi connectivity index (χ0v) is 15.9. The zero-order valence-electron chi connectivity index (χ0n) is 15.9. The number of imidazole rings is 1. The van der Waals surface area contributed by atoms with E-state index in [1.165, 1.54) is 12.4 Å². The molecule has 1 aromatic carbocycles. The van der Waals surface area contributed by atoms with Crippen LogP contribution >= 0.6 is 0 Å². The van der Waals surface area contributed by atoms with E-state index in [4.69, 9.17) is 4.74 Å². The molecular formula is C20H22F2N4O2. The van der Waals surface area contributed by atoms with Crippen molar-refractivity contribution in [3.63, 3.8) is 0 Å². The molecule has 0 spiro atoms. The summed E-state index contributed by atoms with van der Waals surface area (Å²) >= 11 is 0. The Morgan fingerprint density at radius 2 is 1.96 bits per heavy atom. The lowest BCUT2D eigenvalue weighted by Gasteiger charge is -2.11. The maximum Gasteiger partial charge on any atom is 0.319 e. The molecule has 3 aromatic rings. The van der Waals surface area contributed by atoms with E-state index in [9.17, 15) is 13.6 Å². The Labute approximate surface area is 161 Å². The topological polar surface area (TPSA) is 61.1 Å². The molecule has 2 aromatic heterocycles. The summed E-state index contributed by atoms with van der Waals surface area (Å²) < 4.78 is 33.6. The maximum absolute atomic E-state index is 12.8. The Balaban J connectivity index is 1.71. The number of nitrogens with one attached hydrogen (secondary N) is 1. The number of rotatable bonds is 7. The van der Waals surface area contributed by atoms with Gasteiger partial charge in [0.2, 0.25) is 0 Å². The van der Waals surface area contributed by atoms with Crippen LogP contribution in [-0.2, 0) is 6.42 Å². The summed E-state index contributed by atoms with van der Waals surface area (Å²) in [6.45, 7) is 1.37. The van der Waals surface area contributed by atoms with Gasteiger partial charge in [-0.2, -0.15) is 8.78 Å². The van der Waals surface area contributed by atoms with Crippen LogP contribution in [0, 0.1) is 13.8 Å². The van der Waals surface area contributed by atoms with Gasteiger partial charge in [0.1, 0.15) is 11.6 Å². The van der Waals surface area contributed by atoms with Crippen LogP contribution in [0.5, 0.6) is 5.75 Å². The highest BCUT2D eigenvalue weighted by molar-refractivity contribution is 5.95. The fraction of sp³-hybridized carbons (Fsp3) is 0.300. The quantitative estimate of drug-likeness (QED) is 0.672. The minimum atomic E-state index is -2.64. The van der Waals surface area contributed by atoms with E-state index >= 15 is 0 Å². The molecule has 0 aliphatic heterocycles. The van der Waals surface area contributed by atoms with Crippen LogP contribution in [-0.4, -0.2) is 33.7 Å². The van der Waals surface area contributed by atoms with Gasteiger partial charge in [-0.05, 0) is 44.2 Å². The number of methoxy groups -OCH3 is 1. The van der Waals surface area contributed by atoms with Crippen molar-refractivity contribution in [1.82, 2.24) is 19.4 Å². The van der Waals surface area contributed by atoms with Crippen molar-refractivity contribution in [2.75, 3.05) is 13.7 Å². The Kier molecular flexibility index (Phi) is 5.77. The van der Waals surface area contributed by atoms with Gasteiger partial charge >= 0.3 is 6.55 Å². The van der Waals surface area contributed by atoms with Crippen molar-refractivity contribution in [1.29, 1.82) is 0 Å². The number of carbonyl (C=O) groups excluding carboxylic acids is 1. The molecule has 148 valence electrons. The van der Waals surface area contributed by atoms with Gasteiger partial charge < -0.3 is 14.6 Å². The fourth-order valence-corrected chi connectivity index (χ4v) is 3.22. The van der Waals surface area contributed by atoms with Gasteiger partial charge in [0.05, 0.1) is 12.7 Å². The first-order valence-electron chi connectivity index (χ1n) is 8.83. The molecule has 0 unspecified atom stereocenters. The van der Waals surface area contributed by atoms with E-state index in [0.717, 1.165) is 27.4 Å². The number of hydrogen-bond donors (Lipinski definition) is 1. The van der Waals surface area contributed by atoms with Crippen LogP contribution in [0.2, 0.25) is 0 Å². The standard InChI is InChI=1S/C20H22F2N4O2/c1-13-12-17(14(2)26(13)15-4-6-16(28-3)7-5-15)19(27)24-9-8-18-23-10-11-25(18)20(21)22/h4-7,10-12,20H,8-9H2,1-3H3,(H,24,27). The molecule has 0 fully saturated rings. The molecule has 8 heteroatoms. The van der Waals surface area contributed by atoms with E-state index in [1.54, 1.807) is 7.11 Å². The average Bonchev–Trinajstić information content (AvgIpc) is 3.26. The first-order chi connectivity index (χ1) is 13.4. The average molecular weight is 388 g/mol. The first kappa shape index (κ1) is 19.6. The van der Waals surface area contributed by atoms with Gasteiger partial charge in [0.25, 0.3) is 5.91 Å². The molecule has 0 radical (unpaired) electrons. The predicted octanol–water partition coefficient (Wildman–Crippen LogP) is 3.67. The van der Waals surface area contributed by atoms with E-state index < -0.39 is 6.55 Å². The number of alkyl halides is 2. The Bertz CT molecular complexity index is 961. The third-order valence-corrected chi connectivity index (χ3v) is 4.60. The second kappa shape index (κ2) is 8.24. The van der Waals surface area contributed by atoms with E-state index in [1.807, 2.05) is 48.7 Å². The lowest BCUT2D eigenvalue weighted by molar-refractivity contribution is 0.0670. The van der Waals surface area contributed by atoms with Crippen molar-refractivity contribution in [3.05, 3.63) is 65.5 Å². The summed E-state index contributed by atoms with van der Waals surface area (Å²) in [7, 11) is 1.61. The number of halogens is 2. The second-order valence-electron chi connectivity index (χ2n) is 6.35. The highest BCUT2D eigenvalue weighted by Gasteiger charge is 2.17. The summed E-state index contributed by atoms with van der Waals surface area (Å²) in [5.41, 5.74) is 3.19. The summed E-state index contributed by atoms with van der Waals surface area (Å²) in [5, 5.41) is 2.78. The Morgan fingerprint density at radius 3 is 2.61 bits per heavy atom. The molecule has 2 heterocycles. The fourth-order valence-electron chi connectivity index (χ4n) is 3.22. The zero-order chi connectivity index (χ0) is 20.3. The SMILES string of the molecule is COc1ccc(-n2c(C)cc(C(=O)NCCc3nccn3C(F)F)c2C)cc1. The number of carbonyl (C=O) groups is 1. The van der Waals surface area contributed by atoms with Crippen molar-refractivity contribution in [2.24, 2.45) is 0 Å². The van der Waals surface area contributed by atoms with Gasteiger partial charge in [0, 0.05) is 42.4 Å². The number of benzene rings is 1. The molecule has 1 N–H and O–H groups in total. The summed E-state index contributed by atoms with van der Waals surface area (Å²) in [6.07, 6.45) is 2.77. The molecule has 0 saturated heterocycles. The number of hydrogen-bond acceptors (Lipinski definition) is 3. The van der Waals surface area contributed by atoms with Crippen molar-refractivity contribution in [3.8, 4) is 11.4 Å². The summed E-state index contributed by atoms with van der Waals surface area (Å²) in [5.74, 6) is 0.744. The molecule has 0 bridgehead atoms. The smallest absolute Gasteiger partial charge is 0.319 e. The van der Waals surface area contributed by atoms with Crippen LogP contribution in [0.1, 0.15) is 34.1 Å². The summed E-state index contributed by atoms with van der Waals surface area (Å²) in [4.78, 5) is 16.5. The lowest BCUT2D eigenvalue weighted by atomic mass is 10.2. The molecule has 6 nitrogen and oxygen atoms in total. The summed E-state index contributed by atoms with van der Waals surface area (Å²) in [6, 6.07) is 9.38. The van der Waals surface area contributed by atoms with Crippen molar-refractivity contribution in [2.45, 2.75) is 26.8 Å². The van der Waals surface area contributed by atoms with E-state index in [0.29, 0.717) is 5.56 Å². The lowest BCUT2D eigenvalue weighted by Crippen LogP contribution is -2.27. The minimum absolute atomic E-state index is 0.217.